The Morgan fingerprint density at radius 3 is 2.41 bits per heavy atom. The second-order valence-electron chi connectivity index (χ2n) is 5.38. The molecule has 0 saturated heterocycles. The highest BCUT2D eigenvalue weighted by Gasteiger charge is 2.19. The summed E-state index contributed by atoms with van der Waals surface area (Å²) in [5, 5.41) is 0. The van der Waals surface area contributed by atoms with Crippen molar-refractivity contribution in [3.05, 3.63) is 54.1 Å². The highest BCUT2D eigenvalue weighted by atomic mass is 19.1. The standard InChI is InChI=1S/C18H18F2N2/c1-2-3-6-12-22-16-11-5-4-10-15(16)21-18(22)17-13(19)8-7-9-14(17)20/h4-5,7-11H,2-3,6,12H2,1H3. The Balaban J connectivity index is 2.17. The molecule has 2 aromatic carbocycles. The molecule has 3 aromatic rings. The first-order chi connectivity index (χ1) is 10.7. The van der Waals surface area contributed by atoms with E-state index in [0.29, 0.717) is 12.4 Å². The van der Waals surface area contributed by atoms with E-state index in [1.807, 2.05) is 28.8 Å². The van der Waals surface area contributed by atoms with Crippen molar-refractivity contribution in [2.75, 3.05) is 0 Å². The van der Waals surface area contributed by atoms with Crippen LogP contribution in [0.5, 0.6) is 0 Å². The van der Waals surface area contributed by atoms with Crippen LogP contribution in [0.1, 0.15) is 26.2 Å². The molecule has 0 fully saturated rings. The fourth-order valence-electron chi connectivity index (χ4n) is 2.72. The molecule has 0 bridgehead atoms. The number of halogens is 2. The molecule has 0 N–H and O–H groups in total. The minimum Gasteiger partial charge on any atom is -0.324 e. The summed E-state index contributed by atoms with van der Waals surface area (Å²) in [7, 11) is 0. The maximum atomic E-state index is 14.1. The number of nitrogens with zero attached hydrogens (tertiary/aromatic N) is 2. The van der Waals surface area contributed by atoms with Gasteiger partial charge in [0, 0.05) is 6.54 Å². The molecule has 1 aromatic heterocycles. The van der Waals surface area contributed by atoms with Gasteiger partial charge in [-0.25, -0.2) is 13.8 Å². The predicted octanol–water partition coefficient (Wildman–Crippen LogP) is 5.17. The molecular weight excluding hydrogens is 282 g/mol. The average Bonchev–Trinajstić information content (AvgIpc) is 2.86. The van der Waals surface area contributed by atoms with E-state index in [1.54, 1.807) is 0 Å². The fourth-order valence-corrected chi connectivity index (χ4v) is 2.72. The number of hydrogen-bond acceptors (Lipinski definition) is 1. The van der Waals surface area contributed by atoms with Crippen LogP contribution in [0, 0.1) is 11.6 Å². The molecule has 1 heterocycles. The molecule has 4 heteroatoms. The number of fused-ring (bicyclic) bond motifs is 1. The summed E-state index contributed by atoms with van der Waals surface area (Å²) in [5.74, 6) is -0.785. The van der Waals surface area contributed by atoms with Crippen molar-refractivity contribution in [3.63, 3.8) is 0 Å². The Morgan fingerprint density at radius 1 is 0.955 bits per heavy atom. The summed E-state index contributed by atoms with van der Waals surface area (Å²) in [6.07, 6.45) is 3.13. The first-order valence-electron chi connectivity index (χ1n) is 7.62. The normalized spacial score (nSPS) is 11.2. The number of benzene rings is 2. The summed E-state index contributed by atoms with van der Waals surface area (Å²) < 4.78 is 30.2. The zero-order valence-electron chi connectivity index (χ0n) is 12.5. The van der Waals surface area contributed by atoms with Gasteiger partial charge in [-0.1, -0.05) is 38.0 Å². The van der Waals surface area contributed by atoms with Crippen molar-refractivity contribution in [1.82, 2.24) is 9.55 Å². The van der Waals surface area contributed by atoms with Gasteiger partial charge in [0.25, 0.3) is 0 Å². The zero-order valence-corrected chi connectivity index (χ0v) is 12.5. The minimum atomic E-state index is -0.577. The van der Waals surface area contributed by atoms with Crippen LogP contribution < -0.4 is 0 Å². The van der Waals surface area contributed by atoms with Crippen LogP contribution in [0.25, 0.3) is 22.4 Å². The Morgan fingerprint density at radius 2 is 1.68 bits per heavy atom. The largest absolute Gasteiger partial charge is 0.324 e. The van der Waals surface area contributed by atoms with E-state index in [-0.39, 0.29) is 5.56 Å². The van der Waals surface area contributed by atoms with Crippen LogP contribution in [0.2, 0.25) is 0 Å². The molecule has 22 heavy (non-hydrogen) atoms. The van der Waals surface area contributed by atoms with Crippen molar-refractivity contribution in [2.45, 2.75) is 32.7 Å². The molecule has 0 radical (unpaired) electrons. The predicted molar refractivity (Wildman–Crippen MR) is 84.6 cm³/mol. The van der Waals surface area contributed by atoms with Crippen LogP contribution in [-0.2, 0) is 6.54 Å². The number of rotatable bonds is 5. The third-order valence-electron chi connectivity index (χ3n) is 3.83. The molecule has 0 atom stereocenters. The van der Waals surface area contributed by atoms with Gasteiger partial charge in [-0.2, -0.15) is 0 Å². The lowest BCUT2D eigenvalue weighted by Crippen LogP contribution is -2.03. The summed E-state index contributed by atoms with van der Waals surface area (Å²) in [6.45, 7) is 2.83. The third-order valence-corrected chi connectivity index (χ3v) is 3.83. The molecule has 2 nitrogen and oxygen atoms in total. The number of unbranched alkanes of at least 4 members (excludes halogenated alkanes) is 2. The Hall–Kier alpha value is -2.23. The minimum absolute atomic E-state index is 0.0461. The first-order valence-corrected chi connectivity index (χ1v) is 7.62. The van der Waals surface area contributed by atoms with Gasteiger partial charge in [0.15, 0.2) is 0 Å². The lowest BCUT2D eigenvalue weighted by atomic mass is 10.1. The van der Waals surface area contributed by atoms with E-state index in [2.05, 4.69) is 11.9 Å². The number of aromatic nitrogens is 2. The summed E-state index contributed by atoms with van der Waals surface area (Å²) >= 11 is 0. The van der Waals surface area contributed by atoms with Crippen LogP contribution >= 0.6 is 0 Å². The van der Waals surface area contributed by atoms with Crippen LogP contribution in [-0.4, -0.2) is 9.55 Å². The monoisotopic (exact) mass is 300 g/mol. The third kappa shape index (κ3) is 2.61. The maximum absolute atomic E-state index is 14.1. The topological polar surface area (TPSA) is 17.8 Å². The van der Waals surface area contributed by atoms with E-state index in [1.165, 1.54) is 18.2 Å². The zero-order chi connectivity index (χ0) is 15.5. The molecule has 0 aliphatic rings. The number of imidazole rings is 1. The molecule has 0 saturated carbocycles. The molecule has 0 spiro atoms. The van der Waals surface area contributed by atoms with Gasteiger partial charge < -0.3 is 4.57 Å². The second-order valence-corrected chi connectivity index (χ2v) is 5.38. The van der Waals surface area contributed by atoms with E-state index >= 15 is 0 Å². The average molecular weight is 300 g/mol. The van der Waals surface area contributed by atoms with Gasteiger partial charge in [0.2, 0.25) is 0 Å². The second kappa shape index (κ2) is 6.26. The van der Waals surface area contributed by atoms with Crippen molar-refractivity contribution in [1.29, 1.82) is 0 Å². The number of para-hydroxylation sites is 2. The van der Waals surface area contributed by atoms with Gasteiger partial charge in [-0.05, 0) is 30.7 Å². The molecule has 0 aliphatic heterocycles. The lowest BCUT2D eigenvalue weighted by molar-refractivity contribution is 0.577. The molecule has 0 amide bonds. The quantitative estimate of drug-likeness (QED) is 0.594. The SMILES string of the molecule is CCCCCn1c(-c2c(F)cccc2F)nc2ccccc21. The molecule has 0 unspecified atom stereocenters. The van der Waals surface area contributed by atoms with Crippen molar-refractivity contribution in [3.8, 4) is 11.4 Å². The summed E-state index contributed by atoms with van der Waals surface area (Å²) in [6, 6.07) is 11.5. The van der Waals surface area contributed by atoms with Crippen molar-refractivity contribution < 1.29 is 8.78 Å². The highest BCUT2D eigenvalue weighted by molar-refractivity contribution is 5.80. The van der Waals surface area contributed by atoms with Crippen LogP contribution in [0.15, 0.2) is 42.5 Å². The molecule has 0 aliphatic carbocycles. The van der Waals surface area contributed by atoms with Gasteiger partial charge in [0.05, 0.1) is 16.6 Å². The van der Waals surface area contributed by atoms with Gasteiger partial charge >= 0.3 is 0 Å². The van der Waals surface area contributed by atoms with E-state index in [4.69, 9.17) is 0 Å². The smallest absolute Gasteiger partial charge is 0.147 e. The van der Waals surface area contributed by atoms with E-state index in [0.717, 1.165) is 30.3 Å². The Labute approximate surface area is 128 Å². The van der Waals surface area contributed by atoms with E-state index < -0.39 is 11.6 Å². The van der Waals surface area contributed by atoms with Gasteiger partial charge in [-0.3, -0.25) is 0 Å². The van der Waals surface area contributed by atoms with Crippen molar-refractivity contribution in [2.24, 2.45) is 0 Å². The highest BCUT2D eigenvalue weighted by Crippen LogP contribution is 2.29. The van der Waals surface area contributed by atoms with Crippen molar-refractivity contribution >= 4 is 11.0 Å². The summed E-state index contributed by atoms with van der Waals surface area (Å²) in [4.78, 5) is 4.47. The molecular formula is C18H18F2N2. The Bertz CT molecular complexity index is 773. The van der Waals surface area contributed by atoms with Gasteiger partial charge in [0.1, 0.15) is 17.5 Å². The molecule has 3 rings (SSSR count). The summed E-state index contributed by atoms with van der Waals surface area (Å²) in [5.41, 5.74) is 1.63. The van der Waals surface area contributed by atoms with Crippen LogP contribution in [0.3, 0.4) is 0 Å². The first kappa shape index (κ1) is 14.7. The lowest BCUT2D eigenvalue weighted by Gasteiger charge is -2.10. The Kier molecular flexibility index (Phi) is 4.18. The maximum Gasteiger partial charge on any atom is 0.147 e. The van der Waals surface area contributed by atoms with E-state index in [9.17, 15) is 8.78 Å². The number of aryl methyl sites for hydroxylation is 1. The number of hydrogen-bond donors (Lipinski definition) is 0. The van der Waals surface area contributed by atoms with Gasteiger partial charge in [-0.15, -0.1) is 0 Å². The fraction of sp³-hybridized carbons (Fsp3) is 0.278. The van der Waals surface area contributed by atoms with Crippen LogP contribution in [0.4, 0.5) is 8.78 Å². The molecule has 114 valence electrons.